The predicted octanol–water partition coefficient (Wildman–Crippen LogP) is -1.80. The zero-order valence-corrected chi connectivity index (χ0v) is 14.7. The second-order valence-corrected chi connectivity index (χ2v) is 6.57. The van der Waals surface area contributed by atoms with Crippen molar-refractivity contribution in [1.82, 2.24) is 0 Å². The Morgan fingerprint density at radius 1 is 1.24 bits per heavy atom. The number of quaternary nitrogens is 2. The minimum Gasteiger partial charge on any atom is -0.497 e. The van der Waals surface area contributed by atoms with Crippen LogP contribution in [0.4, 0.5) is 5.69 Å². The van der Waals surface area contributed by atoms with Gasteiger partial charge in [0.15, 0.2) is 6.04 Å². The molecule has 3 N–H and O–H groups in total. The van der Waals surface area contributed by atoms with Crippen LogP contribution in [-0.4, -0.2) is 64.4 Å². The van der Waals surface area contributed by atoms with Gasteiger partial charge in [-0.3, -0.25) is 9.59 Å². The Labute approximate surface area is 147 Å². The molecule has 2 aliphatic rings. The zero-order valence-electron chi connectivity index (χ0n) is 14.7. The minimum atomic E-state index is -0.297. The summed E-state index contributed by atoms with van der Waals surface area (Å²) in [5.74, 6) is 0.459. The summed E-state index contributed by atoms with van der Waals surface area (Å²) >= 11 is 0. The Kier molecular flexibility index (Phi) is 6.01. The van der Waals surface area contributed by atoms with Crippen molar-refractivity contribution < 1.29 is 29.3 Å². The number of nitrogens with zero attached hydrogens (tertiary/aromatic N) is 1. The van der Waals surface area contributed by atoms with Gasteiger partial charge >= 0.3 is 0 Å². The summed E-state index contributed by atoms with van der Waals surface area (Å²) in [6.45, 7) is 5.76. The fourth-order valence-corrected chi connectivity index (χ4v) is 3.42. The normalized spacial score (nSPS) is 21.8. The van der Waals surface area contributed by atoms with Gasteiger partial charge in [0, 0.05) is 6.42 Å². The number of carbonyl (C=O) groups is 2. The highest BCUT2D eigenvalue weighted by atomic mass is 16.5. The SMILES string of the molecule is COc1ccc(N2C(=O)C[C@@H]([NH2+]CCC[NH+]3CCOCC3)C2=O)cc1. The van der Waals surface area contributed by atoms with Crippen molar-refractivity contribution in [2.75, 3.05) is 51.4 Å². The van der Waals surface area contributed by atoms with Gasteiger partial charge in [0.25, 0.3) is 5.91 Å². The van der Waals surface area contributed by atoms with Gasteiger partial charge in [-0.1, -0.05) is 0 Å². The number of nitrogens with one attached hydrogen (secondary N) is 1. The van der Waals surface area contributed by atoms with E-state index in [0.29, 0.717) is 11.4 Å². The molecule has 1 atom stereocenters. The van der Waals surface area contributed by atoms with Crippen molar-refractivity contribution >= 4 is 17.5 Å². The van der Waals surface area contributed by atoms with Crippen molar-refractivity contribution in [3.05, 3.63) is 24.3 Å². The van der Waals surface area contributed by atoms with Crippen LogP contribution in [0.2, 0.25) is 0 Å². The van der Waals surface area contributed by atoms with Crippen LogP contribution >= 0.6 is 0 Å². The van der Waals surface area contributed by atoms with Crippen molar-refractivity contribution in [3.63, 3.8) is 0 Å². The topological polar surface area (TPSA) is 76.9 Å². The number of benzene rings is 1. The molecule has 2 aliphatic heterocycles. The van der Waals surface area contributed by atoms with Gasteiger partial charge in [-0.25, -0.2) is 4.90 Å². The summed E-state index contributed by atoms with van der Waals surface area (Å²) in [5, 5.41) is 2.02. The van der Waals surface area contributed by atoms with Crippen LogP contribution in [0.5, 0.6) is 5.75 Å². The van der Waals surface area contributed by atoms with Crippen LogP contribution in [0.25, 0.3) is 0 Å². The number of anilines is 1. The molecule has 1 aromatic rings. The highest BCUT2D eigenvalue weighted by Gasteiger charge is 2.42. The van der Waals surface area contributed by atoms with E-state index in [0.717, 1.165) is 45.8 Å². The Morgan fingerprint density at radius 3 is 2.64 bits per heavy atom. The quantitative estimate of drug-likeness (QED) is 0.450. The number of amides is 2. The van der Waals surface area contributed by atoms with E-state index in [1.807, 2.05) is 5.32 Å². The molecule has 2 amide bonds. The summed E-state index contributed by atoms with van der Waals surface area (Å²) < 4.78 is 10.5. The van der Waals surface area contributed by atoms with Crippen molar-refractivity contribution in [2.24, 2.45) is 0 Å². The molecule has 2 heterocycles. The Bertz CT molecular complexity index is 599. The van der Waals surface area contributed by atoms with Crippen molar-refractivity contribution in [2.45, 2.75) is 18.9 Å². The van der Waals surface area contributed by atoms with Gasteiger partial charge in [0.2, 0.25) is 5.91 Å². The number of nitrogens with two attached hydrogens (primary N) is 1. The fraction of sp³-hybridized carbons (Fsp3) is 0.556. The molecule has 136 valence electrons. The average Bonchev–Trinajstić information content (AvgIpc) is 2.93. The smallest absolute Gasteiger partial charge is 0.292 e. The predicted molar refractivity (Wildman–Crippen MR) is 91.7 cm³/mol. The summed E-state index contributed by atoms with van der Waals surface area (Å²) in [5.41, 5.74) is 0.615. The van der Waals surface area contributed by atoms with E-state index in [-0.39, 0.29) is 24.3 Å². The van der Waals surface area contributed by atoms with E-state index in [1.165, 1.54) is 4.90 Å². The monoisotopic (exact) mass is 349 g/mol. The Morgan fingerprint density at radius 2 is 1.96 bits per heavy atom. The molecule has 2 fully saturated rings. The van der Waals surface area contributed by atoms with Gasteiger partial charge in [0.1, 0.15) is 18.8 Å². The van der Waals surface area contributed by atoms with E-state index >= 15 is 0 Å². The number of carbonyl (C=O) groups excluding carboxylic acids is 2. The first kappa shape index (κ1) is 17.8. The van der Waals surface area contributed by atoms with Gasteiger partial charge in [-0.2, -0.15) is 0 Å². The molecule has 0 unspecified atom stereocenters. The van der Waals surface area contributed by atoms with Gasteiger partial charge in [-0.05, 0) is 24.3 Å². The molecule has 0 radical (unpaired) electrons. The number of hydrogen-bond donors (Lipinski definition) is 2. The second-order valence-electron chi connectivity index (χ2n) is 6.57. The van der Waals surface area contributed by atoms with Crippen LogP contribution in [-0.2, 0) is 14.3 Å². The highest BCUT2D eigenvalue weighted by Crippen LogP contribution is 2.24. The van der Waals surface area contributed by atoms with E-state index in [2.05, 4.69) is 0 Å². The number of morpholine rings is 1. The summed E-state index contributed by atoms with van der Waals surface area (Å²) in [6, 6.07) is 6.72. The second kappa shape index (κ2) is 8.42. The maximum absolute atomic E-state index is 12.6. The van der Waals surface area contributed by atoms with Crippen LogP contribution < -0.4 is 19.9 Å². The largest absolute Gasteiger partial charge is 0.497 e. The lowest BCUT2D eigenvalue weighted by molar-refractivity contribution is -0.909. The zero-order chi connectivity index (χ0) is 17.6. The number of ether oxygens (including phenoxy) is 2. The maximum Gasteiger partial charge on any atom is 0.292 e. The third-order valence-electron chi connectivity index (χ3n) is 4.90. The molecule has 2 saturated heterocycles. The van der Waals surface area contributed by atoms with Crippen LogP contribution in [0, 0.1) is 0 Å². The molecule has 0 saturated carbocycles. The fourth-order valence-electron chi connectivity index (χ4n) is 3.42. The molecule has 0 aromatic heterocycles. The third-order valence-corrected chi connectivity index (χ3v) is 4.90. The van der Waals surface area contributed by atoms with E-state index in [9.17, 15) is 9.59 Å². The highest BCUT2D eigenvalue weighted by molar-refractivity contribution is 6.21. The van der Waals surface area contributed by atoms with Gasteiger partial charge in [0.05, 0.1) is 45.5 Å². The summed E-state index contributed by atoms with van der Waals surface area (Å²) in [7, 11) is 1.59. The lowest BCUT2D eigenvalue weighted by Gasteiger charge is -2.23. The molecule has 7 heteroatoms. The average molecular weight is 349 g/mol. The van der Waals surface area contributed by atoms with Gasteiger partial charge < -0.3 is 19.7 Å². The molecule has 7 nitrogen and oxygen atoms in total. The van der Waals surface area contributed by atoms with Gasteiger partial charge in [-0.15, -0.1) is 0 Å². The number of methoxy groups -OCH3 is 1. The summed E-state index contributed by atoms with van der Waals surface area (Å²) in [6.07, 6.45) is 1.31. The molecule has 1 aromatic carbocycles. The first-order valence-electron chi connectivity index (χ1n) is 8.94. The lowest BCUT2D eigenvalue weighted by atomic mass is 10.2. The van der Waals surface area contributed by atoms with Crippen molar-refractivity contribution in [3.8, 4) is 5.75 Å². The van der Waals surface area contributed by atoms with Crippen molar-refractivity contribution in [1.29, 1.82) is 0 Å². The van der Waals surface area contributed by atoms with E-state index in [4.69, 9.17) is 9.47 Å². The minimum absolute atomic E-state index is 0.117. The van der Waals surface area contributed by atoms with Crippen LogP contribution in [0.3, 0.4) is 0 Å². The molecule has 0 bridgehead atoms. The number of imide groups is 1. The number of rotatable bonds is 7. The molecule has 0 aliphatic carbocycles. The van der Waals surface area contributed by atoms with Crippen LogP contribution in [0.1, 0.15) is 12.8 Å². The molecular formula is C18H27N3O4+2. The molecule has 0 spiro atoms. The molecule has 25 heavy (non-hydrogen) atoms. The lowest BCUT2D eigenvalue weighted by Crippen LogP contribution is -3.14. The maximum atomic E-state index is 12.6. The Balaban J connectivity index is 1.48. The first-order chi connectivity index (χ1) is 12.2. The standard InChI is InChI=1S/C18H25N3O4/c1-24-15-5-3-14(4-6-15)21-17(22)13-16(18(21)23)19-7-2-8-20-9-11-25-12-10-20/h3-6,16,19H,2,7-13H2,1H3/p+2/t16-/m1/s1. The first-order valence-corrected chi connectivity index (χ1v) is 8.94. The van der Waals surface area contributed by atoms with Crippen LogP contribution in [0.15, 0.2) is 24.3 Å². The molecular weight excluding hydrogens is 322 g/mol. The molecule has 3 rings (SSSR count). The Hall–Kier alpha value is -1.96. The summed E-state index contributed by atoms with van der Waals surface area (Å²) in [4.78, 5) is 27.7. The third kappa shape index (κ3) is 4.36. The van der Waals surface area contributed by atoms with E-state index < -0.39 is 0 Å². The van der Waals surface area contributed by atoms with E-state index in [1.54, 1.807) is 36.3 Å². The number of hydrogen-bond acceptors (Lipinski definition) is 4.